The fourth-order valence-corrected chi connectivity index (χ4v) is 3.19. The molecule has 2 N–H and O–H groups in total. The first-order valence-electron chi connectivity index (χ1n) is 7.35. The van der Waals surface area contributed by atoms with Gasteiger partial charge in [0.25, 0.3) is 0 Å². The van der Waals surface area contributed by atoms with Crippen LogP contribution in [-0.4, -0.2) is 47.7 Å². The number of nitrogens with two attached hydrogens (primary N) is 1. The molecule has 21 heavy (non-hydrogen) atoms. The molecule has 0 atom stereocenters. The van der Waals surface area contributed by atoms with Crippen molar-refractivity contribution < 1.29 is 9.53 Å². The molecule has 0 aromatic carbocycles. The highest BCUT2D eigenvalue weighted by Crippen LogP contribution is 2.19. The summed E-state index contributed by atoms with van der Waals surface area (Å²) in [5.41, 5.74) is 5.21. The minimum absolute atomic E-state index is 0.205. The highest BCUT2D eigenvalue weighted by molar-refractivity contribution is 7.11. The average Bonchev–Trinajstić information content (AvgIpc) is 2.85. The zero-order chi connectivity index (χ0) is 15.5. The van der Waals surface area contributed by atoms with Crippen LogP contribution in [0.4, 0.5) is 4.79 Å². The summed E-state index contributed by atoms with van der Waals surface area (Å²) in [5.74, 6) is 0. The second-order valence-electron chi connectivity index (χ2n) is 6.32. The van der Waals surface area contributed by atoms with Crippen LogP contribution in [0, 0.1) is 0 Å². The molecule has 1 aliphatic rings. The van der Waals surface area contributed by atoms with Crippen molar-refractivity contribution >= 4 is 17.4 Å². The molecule has 1 amide bonds. The molecule has 1 aromatic rings. The summed E-state index contributed by atoms with van der Waals surface area (Å²) in [6, 6.07) is 4.24. The van der Waals surface area contributed by atoms with E-state index in [4.69, 9.17) is 10.5 Å². The highest BCUT2D eigenvalue weighted by atomic mass is 32.1. The minimum atomic E-state index is -0.427. The third kappa shape index (κ3) is 4.98. The van der Waals surface area contributed by atoms with E-state index >= 15 is 0 Å². The Labute approximate surface area is 130 Å². The quantitative estimate of drug-likeness (QED) is 0.930. The molecule has 118 valence electrons. The van der Waals surface area contributed by atoms with Crippen LogP contribution in [0.2, 0.25) is 0 Å². The minimum Gasteiger partial charge on any atom is -0.444 e. The zero-order valence-electron chi connectivity index (χ0n) is 13.1. The average molecular weight is 311 g/mol. The number of nitrogens with zero attached hydrogens (tertiary/aromatic N) is 2. The maximum Gasteiger partial charge on any atom is 0.410 e. The van der Waals surface area contributed by atoms with E-state index < -0.39 is 5.60 Å². The third-order valence-electron chi connectivity index (χ3n) is 3.32. The molecule has 0 aliphatic carbocycles. The van der Waals surface area contributed by atoms with E-state index in [1.54, 1.807) is 16.2 Å². The third-order valence-corrected chi connectivity index (χ3v) is 4.41. The van der Waals surface area contributed by atoms with Crippen LogP contribution < -0.4 is 5.73 Å². The summed E-state index contributed by atoms with van der Waals surface area (Å²) >= 11 is 1.77. The van der Waals surface area contributed by atoms with E-state index in [1.807, 2.05) is 20.8 Å². The van der Waals surface area contributed by atoms with E-state index in [0.29, 0.717) is 6.54 Å². The molecule has 0 saturated carbocycles. The van der Waals surface area contributed by atoms with E-state index in [-0.39, 0.29) is 6.09 Å². The van der Waals surface area contributed by atoms with Crippen LogP contribution in [0.15, 0.2) is 12.1 Å². The number of piperazine rings is 1. The molecule has 1 aliphatic heterocycles. The molecule has 5 nitrogen and oxygen atoms in total. The number of thiophene rings is 1. The fraction of sp³-hybridized carbons (Fsp3) is 0.667. The molecule has 2 heterocycles. The van der Waals surface area contributed by atoms with Gasteiger partial charge < -0.3 is 15.4 Å². The Kier molecular flexibility index (Phi) is 5.24. The molecule has 6 heteroatoms. The molecule has 0 unspecified atom stereocenters. The number of amides is 1. The maximum atomic E-state index is 12.0. The molecule has 2 rings (SSSR count). The van der Waals surface area contributed by atoms with E-state index in [0.717, 1.165) is 32.7 Å². The van der Waals surface area contributed by atoms with Crippen LogP contribution >= 0.6 is 11.3 Å². The van der Waals surface area contributed by atoms with Crippen LogP contribution in [0.1, 0.15) is 30.5 Å². The molecular weight excluding hydrogens is 286 g/mol. The van der Waals surface area contributed by atoms with Gasteiger partial charge in [0.05, 0.1) is 0 Å². The van der Waals surface area contributed by atoms with Gasteiger partial charge in [-0.05, 0) is 32.9 Å². The van der Waals surface area contributed by atoms with Gasteiger partial charge >= 0.3 is 6.09 Å². The van der Waals surface area contributed by atoms with Crippen molar-refractivity contribution in [2.75, 3.05) is 26.2 Å². The lowest BCUT2D eigenvalue weighted by molar-refractivity contribution is 0.0140. The molecule has 0 spiro atoms. The summed E-state index contributed by atoms with van der Waals surface area (Å²) in [6.07, 6.45) is -0.205. The Morgan fingerprint density at radius 3 is 2.38 bits per heavy atom. The Bertz CT molecular complexity index is 474. The van der Waals surface area contributed by atoms with Crippen LogP contribution in [0.3, 0.4) is 0 Å². The molecule has 0 radical (unpaired) electrons. The van der Waals surface area contributed by atoms with Gasteiger partial charge in [-0.25, -0.2) is 4.79 Å². The number of rotatable bonds is 3. The normalized spacial score (nSPS) is 17.0. The van der Waals surface area contributed by atoms with Crippen molar-refractivity contribution in [3.63, 3.8) is 0 Å². The van der Waals surface area contributed by atoms with Gasteiger partial charge in [-0.3, -0.25) is 4.90 Å². The van der Waals surface area contributed by atoms with E-state index in [1.165, 1.54) is 9.75 Å². The van der Waals surface area contributed by atoms with Crippen LogP contribution in [-0.2, 0) is 17.8 Å². The standard InChI is InChI=1S/C15H25N3O2S/c1-15(2,3)20-14(19)18-8-6-17(7-9-18)11-13-5-4-12(10-16)21-13/h4-5H,6-11,16H2,1-3H3. The van der Waals surface area contributed by atoms with E-state index in [9.17, 15) is 4.79 Å². The van der Waals surface area contributed by atoms with Gasteiger partial charge in [0.1, 0.15) is 5.60 Å². The first-order valence-corrected chi connectivity index (χ1v) is 8.17. The van der Waals surface area contributed by atoms with Crippen molar-refractivity contribution in [1.29, 1.82) is 0 Å². The van der Waals surface area contributed by atoms with Crippen LogP contribution in [0.5, 0.6) is 0 Å². The Hall–Kier alpha value is -1.11. The summed E-state index contributed by atoms with van der Waals surface area (Å²) in [5, 5.41) is 0. The predicted molar refractivity (Wildman–Crippen MR) is 85.3 cm³/mol. The fourth-order valence-electron chi connectivity index (χ4n) is 2.25. The molecule has 1 saturated heterocycles. The summed E-state index contributed by atoms with van der Waals surface area (Å²) in [6.45, 7) is 10.5. The molecule has 1 aromatic heterocycles. The first kappa shape index (κ1) is 16.3. The van der Waals surface area contributed by atoms with Crippen molar-refractivity contribution in [2.45, 2.75) is 39.5 Å². The number of hydrogen-bond donors (Lipinski definition) is 1. The molecular formula is C15H25N3O2S. The van der Waals surface area contributed by atoms with E-state index in [2.05, 4.69) is 17.0 Å². The van der Waals surface area contributed by atoms with Crippen molar-refractivity contribution in [3.05, 3.63) is 21.9 Å². The Balaban J connectivity index is 1.79. The number of carbonyl (C=O) groups excluding carboxylic acids is 1. The highest BCUT2D eigenvalue weighted by Gasteiger charge is 2.25. The van der Waals surface area contributed by atoms with Crippen LogP contribution in [0.25, 0.3) is 0 Å². The van der Waals surface area contributed by atoms with Gasteiger partial charge in [-0.15, -0.1) is 11.3 Å². The second-order valence-corrected chi connectivity index (χ2v) is 7.57. The summed E-state index contributed by atoms with van der Waals surface area (Å²) < 4.78 is 5.41. The first-order chi connectivity index (χ1) is 9.87. The summed E-state index contributed by atoms with van der Waals surface area (Å²) in [7, 11) is 0. The van der Waals surface area contributed by atoms with Gasteiger partial charge in [-0.2, -0.15) is 0 Å². The Morgan fingerprint density at radius 1 is 1.24 bits per heavy atom. The molecule has 1 fully saturated rings. The molecule has 0 bridgehead atoms. The number of hydrogen-bond acceptors (Lipinski definition) is 5. The predicted octanol–water partition coefficient (Wildman–Crippen LogP) is 2.26. The number of carbonyl (C=O) groups is 1. The SMILES string of the molecule is CC(C)(C)OC(=O)N1CCN(Cc2ccc(CN)s2)CC1. The smallest absolute Gasteiger partial charge is 0.410 e. The second kappa shape index (κ2) is 6.77. The zero-order valence-corrected chi connectivity index (χ0v) is 13.9. The summed E-state index contributed by atoms with van der Waals surface area (Å²) in [4.78, 5) is 18.7. The topological polar surface area (TPSA) is 58.8 Å². The van der Waals surface area contributed by atoms with Crippen molar-refractivity contribution in [1.82, 2.24) is 9.80 Å². The lowest BCUT2D eigenvalue weighted by Crippen LogP contribution is -2.49. The van der Waals surface area contributed by atoms with Crippen molar-refractivity contribution in [3.8, 4) is 0 Å². The van der Waals surface area contributed by atoms with Gasteiger partial charge in [0.15, 0.2) is 0 Å². The van der Waals surface area contributed by atoms with Gasteiger partial charge in [-0.1, -0.05) is 0 Å². The monoisotopic (exact) mass is 311 g/mol. The lowest BCUT2D eigenvalue weighted by atomic mass is 10.2. The van der Waals surface area contributed by atoms with Gasteiger partial charge in [0.2, 0.25) is 0 Å². The van der Waals surface area contributed by atoms with Gasteiger partial charge in [0, 0.05) is 49.0 Å². The largest absolute Gasteiger partial charge is 0.444 e. The van der Waals surface area contributed by atoms with Crippen molar-refractivity contribution in [2.24, 2.45) is 5.73 Å². The Morgan fingerprint density at radius 2 is 1.86 bits per heavy atom. The lowest BCUT2D eigenvalue weighted by Gasteiger charge is -2.35. The number of ether oxygens (including phenoxy) is 1. The maximum absolute atomic E-state index is 12.0.